The van der Waals surface area contributed by atoms with Gasteiger partial charge >= 0.3 is 0 Å². The van der Waals surface area contributed by atoms with Gasteiger partial charge < -0.3 is 4.90 Å². The summed E-state index contributed by atoms with van der Waals surface area (Å²) in [7, 11) is 0. The van der Waals surface area contributed by atoms with Gasteiger partial charge in [0.1, 0.15) is 0 Å². The first kappa shape index (κ1) is 12.3. The molecule has 0 aromatic heterocycles. The highest BCUT2D eigenvalue weighted by atomic mass is 32.2. The molecule has 3 rings (SSSR count). The number of nitrogens with zero attached hydrogens (tertiary/aromatic N) is 1. The van der Waals surface area contributed by atoms with E-state index in [1.54, 1.807) is 11.8 Å². The average Bonchev–Trinajstić information content (AvgIpc) is 2.43. The molecule has 96 valence electrons. The summed E-state index contributed by atoms with van der Waals surface area (Å²) in [5.74, 6) is 0.716. The molecule has 0 N–H and O–H groups in total. The molecule has 0 atom stereocenters. The summed E-state index contributed by atoms with van der Waals surface area (Å²) in [6.45, 7) is 2.73. The zero-order chi connectivity index (χ0) is 13.2. The van der Waals surface area contributed by atoms with E-state index < -0.39 is 0 Å². The van der Waals surface area contributed by atoms with Crippen LogP contribution in [0.3, 0.4) is 0 Å². The quantitative estimate of drug-likeness (QED) is 0.829. The Balaban J connectivity index is 1.95. The molecule has 1 amide bonds. The molecular formula is C16H15NOS. The average molecular weight is 269 g/mol. The van der Waals surface area contributed by atoms with Crippen molar-refractivity contribution in [1.82, 2.24) is 0 Å². The van der Waals surface area contributed by atoms with E-state index in [0.29, 0.717) is 12.3 Å². The van der Waals surface area contributed by atoms with Gasteiger partial charge in [-0.05, 0) is 30.2 Å². The van der Waals surface area contributed by atoms with Gasteiger partial charge in [-0.15, -0.1) is 11.8 Å². The molecule has 0 spiro atoms. The van der Waals surface area contributed by atoms with Crippen molar-refractivity contribution < 1.29 is 4.79 Å². The number of anilines is 1. The fourth-order valence-corrected chi connectivity index (χ4v) is 3.28. The molecule has 0 fully saturated rings. The minimum absolute atomic E-state index is 0.185. The van der Waals surface area contributed by atoms with Crippen molar-refractivity contribution >= 4 is 23.4 Å². The van der Waals surface area contributed by atoms with Crippen molar-refractivity contribution in [1.29, 1.82) is 0 Å². The number of carbonyl (C=O) groups excluding carboxylic acids is 1. The third-order valence-electron chi connectivity index (χ3n) is 3.24. The van der Waals surface area contributed by atoms with Gasteiger partial charge in [0.05, 0.1) is 18.0 Å². The van der Waals surface area contributed by atoms with Crippen LogP contribution in [0.15, 0.2) is 53.4 Å². The molecule has 19 heavy (non-hydrogen) atoms. The number of aryl methyl sites for hydroxylation is 1. The van der Waals surface area contributed by atoms with Crippen LogP contribution < -0.4 is 4.90 Å². The lowest BCUT2D eigenvalue weighted by Gasteiger charge is -2.29. The van der Waals surface area contributed by atoms with Crippen LogP contribution in [0.4, 0.5) is 5.69 Å². The first-order valence-corrected chi connectivity index (χ1v) is 7.30. The highest BCUT2D eigenvalue weighted by Gasteiger charge is 2.24. The Morgan fingerprint density at radius 3 is 2.74 bits per heavy atom. The molecule has 3 heteroatoms. The molecule has 0 aliphatic carbocycles. The topological polar surface area (TPSA) is 20.3 Å². The number of rotatable bonds is 2. The summed E-state index contributed by atoms with van der Waals surface area (Å²) in [5, 5.41) is 0. The minimum Gasteiger partial charge on any atom is -0.306 e. The molecule has 0 unspecified atom stereocenters. The standard InChI is InChI=1S/C16H15NOS/c1-12-7-8-14-15(9-12)19-11-16(18)17(14)10-13-5-3-2-4-6-13/h2-9H,10-11H2,1H3. The van der Waals surface area contributed by atoms with Crippen molar-refractivity contribution in [3.05, 3.63) is 59.7 Å². The van der Waals surface area contributed by atoms with E-state index in [0.717, 1.165) is 11.3 Å². The molecule has 1 aliphatic heterocycles. The Morgan fingerprint density at radius 1 is 1.16 bits per heavy atom. The second kappa shape index (κ2) is 5.10. The van der Waals surface area contributed by atoms with Gasteiger partial charge in [0, 0.05) is 4.90 Å². The maximum Gasteiger partial charge on any atom is 0.237 e. The molecule has 0 radical (unpaired) electrons. The number of hydrogen-bond acceptors (Lipinski definition) is 2. The first-order valence-electron chi connectivity index (χ1n) is 6.32. The molecule has 2 nitrogen and oxygen atoms in total. The molecule has 1 aliphatic rings. The number of carbonyl (C=O) groups is 1. The number of hydrogen-bond donors (Lipinski definition) is 0. The second-order valence-electron chi connectivity index (χ2n) is 4.73. The van der Waals surface area contributed by atoms with Gasteiger partial charge in [0.15, 0.2) is 0 Å². The SMILES string of the molecule is Cc1ccc2c(c1)SCC(=O)N2Cc1ccccc1. The fourth-order valence-electron chi connectivity index (χ4n) is 2.25. The summed E-state index contributed by atoms with van der Waals surface area (Å²) < 4.78 is 0. The van der Waals surface area contributed by atoms with E-state index in [-0.39, 0.29) is 5.91 Å². The van der Waals surface area contributed by atoms with Crippen molar-refractivity contribution in [2.24, 2.45) is 0 Å². The van der Waals surface area contributed by atoms with E-state index in [9.17, 15) is 4.79 Å². The molecule has 1 heterocycles. The smallest absolute Gasteiger partial charge is 0.237 e. The third kappa shape index (κ3) is 2.51. The fraction of sp³-hybridized carbons (Fsp3) is 0.188. The van der Waals surface area contributed by atoms with Crippen molar-refractivity contribution in [2.75, 3.05) is 10.7 Å². The van der Waals surface area contributed by atoms with Gasteiger partial charge in [-0.25, -0.2) is 0 Å². The molecule has 0 bridgehead atoms. The number of thioether (sulfide) groups is 1. The van der Waals surface area contributed by atoms with E-state index in [2.05, 4.69) is 37.3 Å². The normalized spacial score (nSPS) is 14.4. The zero-order valence-electron chi connectivity index (χ0n) is 10.8. The zero-order valence-corrected chi connectivity index (χ0v) is 11.6. The Morgan fingerprint density at radius 2 is 1.95 bits per heavy atom. The molecule has 0 saturated heterocycles. The second-order valence-corrected chi connectivity index (χ2v) is 5.74. The lowest BCUT2D eigenvalue weighted by molar-refractivity contribution is -0.116. The maximum absolute atomic E-state index is 12.2. The van der Waals surface area contributed by atoms with Gasteiger partial charge in [-0.1, -0.05) is 36.4 Å². The van der Waals surface area contributed by atoms with E-state index in [1.807, 2.05) is 23.1 Å². The van der Waals surface area contributed by atoms with Gasteiger partial charge in [0.2, 0.25) is 5.91 Å². The van der Waals surface area contributed by atoms with Gasteiger partial charge in [-0.3, -0.25) is 4.79 Å². The predicted octanol–water partition coefficient (Wildman–Crippen LogP) is 3.63. The van der Waals surface area contributed by atoms with Gasteiger partial charge in [-0.2, -0.15) is 0 Å². The van der Waals surface area contributed by atoms with E-state index in [4.69, 9.17) is 0 Å². The first-order chi connectivity index (χ1) is 9.24. The molecular weight excluding hydrogens is 254 g/mol. The summed E-state index contributed by atoms with van der Waals surface area (Å²) >= 11 is 1.63. The van der Waals surface area contributed by atoms with Crippen molar-refractivity contribution in [3.63, 3.8) is 0 Å². The van der Waals surface area contributed by atoms with E-state index >= 15 is 0 Å². The maximum atomic E-state index is 12.2. The number of benzene rings is 2. The van der Waals surface area contributed by atoms with Crippen molar-refractivity contribution in [3.8, 4) is 0 Å². The summed E-state index contributed by atoms with van der Waals surface area (Å²) in [6, 6.07) is 16.4. The Bertz CT molecular complexity index is 609. The van der Waals surface area contributed by atoms with Crippen LogP contribution in [-0.4, -0.2) is 11.7 Å². The molecule has 2 aromatic carbocycles. The predicted molar refractivity (Wildman–Crippen MR) is 79.5 cm³/mol. The van der Waals surface area contributed by atoms with E-state index in [1.165, 1.54) is 10.5 Å². The Kier molecular flexibility index (Phi) is 3.30. The lowest BCUT2D eigenvalue weighted by Crippen LogP contribution is -2.34. The highest BCUT2D eigenvalue weighted by Crippen LogP contribution is 2.36. The monoisotopic (exact) mass is 269 g/mol. The third-order valence-corrected chi connectivity index (χ3v) is 4.27. The van der Waals surface area contributed by atoms with Crippen LogP contribution in [0, 0.1) is 6.92 Å². The van der Waals surface area contributed by atoms with Crippen LogP contribution in [0.25, 0.3) is 0 Å². The Labute approximate surface area is 117 Å². The number of amides is 1. The molecule has 0 saturated carbocycles. The Hall–Kier alpha value is -1.74. The van der Waals surface area contributed by atoms with Gasteiger partial charge in [0.25, 0.3) is 0 Å². The van der Waals surface area contributed by atoms with Crippen LogP contribution >= 0.6 is 11.8 Å². The van der Waals surface area contributed by atoms with Crippen molar-refractivity contribution in [2.45, 2.75) is 18.4 Å². The summed E-state index contributed by atoms with van der Waals surface area (Å²) in [4.78, 5) is 15.2. The van der Waals surface area contributed by atoms with Crippen LogP contribution in [0.1, 0.15) is 11.1 Å². The minimum atomic E-state index is 0.185. The van der Waals surface area contributed by atoms with Crippen LogP contribution in [0.5, 0.6) is 0 Å². The summed E-state index contributed by atoms with van der Waals surface area (Å²) in [5.41, 5.74) is 3.44. The highest BCUT2D eigenvalue weighted by molar-refractivity contribution is 8.00. The summed E-state index contributed by atoms with van der Waals surface area (Å²) in [6.07, 6.45) is 0. The number of fused-ring (bicyclic) bond motifs is 1. The largest absolute Gasteiger partial charge is 0.306 e. The molecule has 2 aromatic rings. The lowest BCUT2D eigenvalue weighted by atomic mass is 10.1. The van der Waals surface area contributed by atoms with Crippen LogP contribution in [-0.2, 0) is 11.3 Å². The van der Waals surface area contributed by atoms with Crippen LogP contribution in [0.2, 0.25) is 0 Å².